The summed E-state index contributed by atoms with van der Waals surface area (Å²) in [5.41, 5.74) is 1.41. The van der Waals surface area contributed by atoms with Crippen molar-refractivity contribution in [2.75, 3.05) is 12.4 Å². The predicted molar refractivity (Wildman–Crippen MR) is 116 cm³/mol. The lowest BCUT2D eigenvalue weighted by molar-refractivity contribution is -0.385. The number of nitro groups is 1. The fourth-order valence-electron chi connectivity index (χ4n) is 3.68. The maximum atomic E-state index is 12.7. The van der Waals surface area contributed by atoms with Crippen molar-refractivity contribution in [1.82, 2.24) is 4.90 Å². The second-order valence-electron chi connectivity index (χ2n) is 7.42. The SMILES string of the molecule is CN(C(=O)c1ccc(NC(=O)/C=C/c2ccccc2[N+](=O)[O-])cc1)C1CCCCC1. The monoisotopic (exact) mass is 407 g/mol. The van der Waals surface area contributed by atoms with Gasteiger partial charge in [0.25, 0.3) is 11.6 Å². The average molecular weight is 407 g/mol. The molecule has 1 fully saturated rings. The Bertz CT molecular complexity index is 947. The molecule has 2 amide bonds. The van der Waals surface area contributed by atoms with Crippen molar-refractivity contribution >= 4 is 29.3 Å². The molecule has 0 radical (unpaired) electrons. The highest BCUT2D eigenvalue weighted by Gasteiger charge is 2.22. The van der Waals surface area contributed by atoms with Gasteiger partial charge in [-0.1, -0.05) is 31.4 Å². The summed E-state index contributed by atoms with van der Waals surface area (Å²) in [7, 11) is 1.85. The standard InChI is InChI=1S/C23H25N3O4/c1-25(20-8-3-2-4-9-20)23(28)18-11-14-19(15-12-18)24-22(27)16-13-17-7-5-6-10-21(17)26(29)30/h5-7,10-16,20H,2-4,8-9H2,1H3,(H,24,27)/b16-13+. The molecule has 0 bridgehead atoms. The van der Waals surface area contributed by atoms with Crippen LogP contribution in [0.2, 0.25) is 0 Å². The van der Waals surface area contributed by atoms with E-state index in [4.69, 9.17) is 0 Å². The van der Waals surface area contributed by atoms with Gasteiger partial charge in [-0.15, -0.1) is 0 Å². The number of carbonyl (C=O) groups excluding carboxylic acids is 2. The van der Waals surface area contributed by atoms with Crippen LogP contribution >= 0.6 is 0 Å². The third-order valence-electron chi connectivity index (χ3n) is 5.39. The number of carbonyl (C=O) groups is 2. The van der Waals surface area contributed by atoms with Crippen molar-refractivity contribution in [2.24, 2.45) is 0 Å². The molecule has 1 aliphatic carbocycles. The number of nitrogens with zero attached hydrogens (tertiary/aromatic N) is 2. The Kier molecular flexibility index (Phi) is 6.95. The maximum Gasteiger partial charge on any atom is 0.276 e. The molecule has 30 heavy (non-hydrogen) atoms. The normalized spacial score (nSPS) is 14.4. The van der Waals surface area contributed by atoms with Crippen LogP contribution < -0.4 is 5.32 Å². The van der Waals surface area contributed by atoms with E-state index in [-0.39, 0.29) is 17.6 Å². The fourth-order valence-corrected chi connectivity index (χ4v) is 3.68. The first kappa shape index (κ1) is 21.2. The van der Waals surface area contributed by atoms with Gasteiger partial charge in [-0.25, -0.2) is 0 Å². The Labute approximate surface area is 175 Å². The first-order valence-electron chi connectivity index (χ1n) is 10.1. The summed E-state index contributed by atoms with van der Waals surface area (Å²) in [6.07, 6.45) is 8.30. The van der Waals surface area contributed by atoms with Crippen LogP contribution in [0.3, 0.4) is 0 Å². The minimum Gasteiger partial charge on any atom is -0.339 e. The van der Waals surface area contributed by atoms with Gasteiger partial charge in [0.15, 0.2) is 0 Å². The maximum absolute atomic E-state index is 12.7. The van der Waals surface area contributed by atoms with Crippen molar-refractivity contribution in [2.45, 2.75) is 38.1 Å². The van der Waals surface area contributed by atoms with E-state index < -0.39 is 10.8 Å². The highest BCUT2D eigenvalue weighted by molar-refractivity contribution is 6.02. The molecular weight excluding hydrogens is 382 g/mol. The highest BCUT2D eigenvalue weighted by atomic mass is 16.6. The summed E-state index contributed by atoms with van der Waals surface area (Å²) in [6.45, 7) is 0. The number of nitrogens with one attached hydrogen (secondary N) is 1. The van der Waals surface area contributed by atoms with E-state index in [1.165, 1.54) is 24.6 Å². The van der Waals surface area contributed by atoms with E-state index in [0.717, 1.165) is 25.7 Å². The molecule has 0 spiro atoms. The molecule has 2 aromatic rings. The lowest BCUT2D eigenvalue weighted by Crippen LogP contribution is -2.38. The summed E-state index contributed by atoms with van der Waals surface area (Å²) in [6, 6.07) is 13.2. The largest absolute Gasteiger partial charge is 0.339 e. The van der Waals surface area contributed by atoms with Gasteiger partial charge in [-0.05, 0) is 49.2 Å². The van der Waals surface area contributed by atoms with Crippen molar-refractivity contribution in [1.29, 1.82) is 0 Å². The zero-order valence-electron chi connectivity index (χ0n) is 16.9. The number of amides is 2. The number of anilines is 1. The van der Waals surface area contributed by atoms with Crippen LogP contribution in [0, 0.1) is 10.1 Å². The van der Waals surface area contributed by atoms with Gasteiger partial charge in [0.1, 0.15) is 0 Å². The summed E-state index contributed by atoms with van der Waals surface area (Å²) in [5, 5.41) is 13.7. The van der Waals surface area contributed by atoms with E-state index in [1.54, 1.807) is 42.5 Å². The summed E-state index contributed by atoms with van der Waals surface area (Å²) in [5.74, 6) is -0.428. The number of hydrogen-bond donors (Lipinski definition) is 1. The molecule has 2 aromatic carbocycles. The van der Waals surface area contributed by atoms with Gasteiger partial charge in [0.05, 0.1) is 10.5 Å². The molecule has 0 unspecified atom stereocenters. The second kappa shape index (κ2) is 9.82. The molecule has 1 N–H and O–H groups in total. The number of hydrogen-bond acceptors (Lipinski definition) is 4. The first-order chi connectivity index (χ1) is 14.5. The predicted octanol–water partition coefficient (Wildman–Crippen LogP) is 4.65. The molecule has 0 aromatic heterocycles. The van der Waals surface area contributed by atoms with Crippen LogP contribution in [-0.2, 0) is 4.79 Å². The van der Waals surface area contributed by atoms with Crippen molar-refractivity contribution in [3.63, 3.8) is 0 Å². The molecule has 1 saturated carbocycles. The summed E-state index contributed by atoms with van der Waals surface area (Å²) >= 11 is 0. The van der Waals surface area contributed by atoms with Crippen molar-refractivity contribution in [3.8, 4) is 0 Å². The number of benzene rings is 2. The van der Waals surface area contributed by atoms with Crippen LogP contribution in [0.4, 0.5) is 11.4 Å². The molecular formula is C23H25N3O4. The molecule has 1 aliphatic rings. The molecule has 7 nitrogen and oxygen atoms in total. The lowest BCUT2D eigenvalue weighted by Gasteiger charge is -2.31. The fraction of sp³-hybridized carbons (Fsp3) is 0.304. The first-order valence-corrected chi connectivity index (χ1v) is 10.1. The summed E-state index contributed by atoms with van der Waals surface area (Å²) < 4.78 is 0. The third kappa shape index (κ3) is 5.31. The Hall–Kier alpha value is -3.48. The van der Waals surface area contributed by atoms with E-state index in [1.807, 2.05) is 11.9 Å². The molecule has 0 atom stereocenters. The van der Waals surface area contributed by atoms with Crippen molar-refractivity contribution < 1.29 is 14.5 Å². The lowest BCUT2D eigenvalue weighted by atomic mass is 9.94. The van der Waals surface area contributed by atoms with Gasteiger partial charge in [-0.3, -0.25) is 19.7 Å². The highest BCUT2D eigenvalue weighted by Crippen LogP contribution is 2.23. The van der Waals surface area contributed by atoms with Gasteiger partial charge >= 0.3 is 0 Å². The minimum atomic E-state index is -0.488. The number of para-hydroxylation sites is 1. The van der Waals surface area contributed by atoms with Crippen LogP contribution in [0.5, 0.6) is 0 Å². The topological polar surface area (TPSA) is 92.6 Å². The van der Waals surface area contributed by atoms with Crippen LogP contribution in [-0.4, -0.2) is 34.7 Å². The number of rotatable bonds is 6. The Morgan fingerprint density at radius 1 is 1.07 bits per heavy atom. The van der Waals surface area contributed by atoms with Gasteiger partial charge in [0.2, 0.25) is 5.91 Å². The third-order valence-corrected chi connectivity index (χ3v) is 5.39. The number of nitro benzene ring substituents is 1. The molecule has 156 valence electrons. The molecule has 7 heteroatoms. The van der Waals surface area contributed by atoms with Gasteiger partial charge < -0.3 is 10.2 Å². The zero-order valence-corrected chi connectivity index (χ0v) is 16.9. The van der Waals surface area contributed by atoms with Gasteiger partial charge in [0, 0.05) is 36.5 Å². The quantitative estimate of drug-likeness (QED) is 0.428. The Morgan fingerprint density at radius 3 is 2.40 bits per heavy atom. The van der Waals surface area contributed by atoms with Crippen LogP contribution in [0.1, 0.15) is 48.0 Å². The summed E-state index contributed by atoms with van der Waals surface area (Å²) in [4.78, 5) is 37.2. The minimum absolute atomic E-state index is 0.0175. The van der Waals surface area contributed by atoms with E-state index in [2.05, 4.69) is 5.32 Å². The zero-order chi connectivity index (χ0) is 21.5. The van der Waals surface area contributed by atoms with Crippen LogP contribution in [0.15, 0.2) is 54.6 Å². The Morgan fingerprint density at radius 2 is 1.73 bits per heavy atom. The smallest absolute Gasteiger partial charge is 0.276 e. The van der Waals surface area contributed by atoms with E-state index in [9.17, 15) is 19.7 Å². The van der Waals surface area contributed by atoms with E-state index >= 15 is 0 Å². The average Bonchev–Trinajstić information content (AvgIpc) is 2.78. The van der Waals surface area contributed by atoms with E-state index in [0.29, 0.717) is 16.8 Å². The Balaban J connectivity index is 1.60. The van der Waals surface area contributed by atoms with Crippen molar-refractivity contribution in [3.05, 3.63) is 75.8 Å². The second-order valence-corrected chi connectivity index (χ2v) is 7.42. The molecule has 0 heterocycles. The molecule has 0 saturated heterocycles. The van der Waals surface area contributed by atoms with Crippen LogP contribution in [0.25, 0.3) is 6.08 Å². The van der Waals surface area contributed by atoms with Gasteiger partial charge in [-0.2, -0.15) is 0 Å². The molecule has 0 aliphatic heterocycles. The molecule has 3 rings (SSSR count).